The van der Waals surface area contributed by atoms with Crippen LogP contribution in [0, 0.1) is 0 Å². The second kappa shape index (κ2) is 7.15. The third-order valence-corrected chi connectivity index (χ3v) is 6.10. The zero-order valence-corrected chi connectivity index (χ0v) is 16.3. The third-order valence-electron chi connectivity index (χ3n) is 6.10. The number of amides is 1. The summed E-state index contributed by atoms with van der Waals surface area (Å²) < 4.78 is 45.8. The molecule has 1 aliphatic heterocycles. The molecule has 156 valence electrons. The minimum Gasteiger partial charge on any atom is -0.451 e. The lowest BCUT2D eigenvalue weighted by molar-refractivity contribution is -0.137. The molecule has 1 aromatic carbocycles. The van der Waals surface area contributed by atoms with E-state index in [0.29, 0.717) is 0 Å². The van der Waals surface area contributed by atoms with Gasteiger partial charge >= 0.3 is 6.18 Å². The Morgan fingerprint density at radius 3 is 2.63 bits per heavy atom. The molecule has 1 atom stereocenters. The van der Waals surface area contributed by atoms with Gasteiger partial charge in [0.1, 0.15) is 5.76 Å². The van der Waals surface area contributed by atoms with Crippen LogP contribution in [0.3, 0.4) is 0 Å². The van der Waals surface area contributed by atoms with Gasteiger partial charge in [0.25, 0.3) is 5.91 Å². The summed E-state index contributed by atoms with van der Waals surface area (Å²) in [4.78, 5) is 19.5. The Morgan fingerprint density at radius 2 is 1.87 bits per heavy atom. The highest BCUT2D eigenvalue weighted by molar-refractivity contribution is 5.93. The monoisotopic (exact) mass is 414 g/mol. The summed E-state index contributed by atoms with van der Waals surface area (Å²) in [5.41, 5.74) is 1.75. The molecule has 0 saturated heterocycles. The van der Waals surface area contributed by atoms with Gasteiger partial charge in [0.15, 0.2) is 5.76 Å². The summed E-state index contributed by atoms with van der Waals surface area (Å²) in [7, 11) is 0. The number of hydrogen-bond donors (Lipinski definition) is 0. The molecule has 5 rings (SSSR count). The number of carbonyl (C=O) groups excluding carboxylic acids is 1. The Kier molecular flexibility index (Phi) is 4.56. The number of aliphatic imine (C=N–C) groups is 1. The predicted molar refractivity (Wildman–Crippen MR) is 106 cm³/mol. The second-order valence-corrected chi connectivity index (χ2v) is 8.15. The third kappa shape index (κ3) is 3.46. The van der Waals surface area contributed by atoms with Gasteiger partial charge in [-0.2, -0.15) is 13.2 Å². The van der Waals surface area contributed by atoms with Crippen LogP contribution in [0.1, 0.15) is 48.2 Å². The topological polar surface area (TPSA) is 45.8 Å². The van der Waals surface area contributed by atoms with Gasteiger partial charge in [0, 0.05) is 23.9 Å². The maximum Gasteiger partial charge on any atom is 0.417 e. The van der Waals surface area contributed by atoms with Crippen LogP contribution in [0.5, 0.6) is 0 Å². The van der Waals surface area contributed by atoms with Crippen LogP contribution >= 0.6 is 0 Å². The van der Waals surface area contributed by atoms with Crippen LogP contribution < -0.4 is 0 Å². The molecular weight excluding hydrogens is 393 g/mol. The van der Waals surface area contributed by atoms with Gasteiger partial charge in [-0.3, -0.25) is 9.79 Å². The average molecular weight is 414 g/mol. The van der Waals surface area contributed by atoms with Crippen molar-refractivity contribution in [2.24, 2.45) is 4.99 Å². The lowest BCUT2D eigenvalue weighted by Crippen LogP contribution is -2.43. The van der Waals surface area contributed by atoms with Crippen LogP contribution in [0.15, 0.2) is 57.0 Å². The number of carbonyl (C=O) groups is 1. The zero-order valence-electron chi connectivity index (χ0n) is 16.3. The lowest BCUT2D eigenvalue weighted by Gasteiger charge is -2.34. The van der Waals surface area contributed by atoms with Crippen molar-refractivity contribution in [2.45, 2.75) is 50.4 Å². The number of alkyl halides is 3. The van der Waals surface area contributed by atoms with Crippen LogP contribution in [0.25, 0.3) is 11.3 Å². The first-order valence-corrected chi connectivity index (χ1v) is 10.2. The Hall–Kier alpha value is -2.83. The fourth-order valence-electron chi connectivity index (χ4n) is 4.48. The van der Waals surface area contributed by atoms with Crippen molar-refractivity contribution in [3.8, 4) is 11.3 Å². The van der Waals surface area contributed by atoms with Crippen molar-refractivity contribution >= 4 is 12.1 Å². The Morgan fingerprint density at radius 1 is 1.07 bits per heavy atom. The minimum atomic E-state index is -4.50. The number of hydrogen-bond acceptors (Lipinski definition) is 3. The maximum absolute atomic E-state index is 13.4. The molecule has 2 aliphatic carbocycles. The number of benzene rings is 1. The first-order chi connectivity index (χ1) is 14.4. The van der Waals surface area contributed by atoms with Crippen LogP contribution in [-0.4, -0.2) is 35.7 Å². The van der Waals surface area contributed by atoms with Crippen molar-refractivity contribution in [3.05, 3.63) is 58.9 Å². The van der Waals surface area contributed by atoms with E-state index in [9.17, 15) is 18.0 Å². The second-order valence-electron chi connectivity index (χ2n) is 8.15. The average Bonchev–Trinajstić information content (AvgIpc) is 3.25. The van der Waals surface area contributed by atoms with Crippen LogP contribution in [-0.2, 0) is 6.18 Å². The summed E-state index contributed by atoms with van der Waals surface area (Å²) in [6.07, 6.45) is 1.92. The summed E-state index contributed by atoms with van der Waals surface area (Å²) in [5, 5.41) is 0. The fraction of sp³-hybridized carbons (Fsp3) is 0.391. The van der Waals surface area contributed by atoms with Gasteiger partial charge in [0.05, 0.1) is 12.1 Å². The highest BCUT2D eigenvalue weighted by Gasteiger charge is 2.41. The molecule has 1 saturated carbocycles. The first-order valence-electron chi connectivity index (χ1n) is 10.2. The van der Waals surface area contributed by atoms with Crippen LogP contribution in [0.2, 0.25) is 0 Å². The molecule has 4 nitrogen and oxygen atoms in total. The van der Waals surface area contributed by atoms with Crippen molar-refractivity contribution < 1.29 is 22.4 Å². The van der Waals surface area contributed by atoms with E-state index in [4.69, 9.17) is 4.42 Å². The van der Waals surface area contributed by atoms with Gasteiger partial charge in [-0.05, 0) is 61.4 Å². The summed E-state index contributed by atoms with van der Waals surface area (Å²) in [6.45, 7) is 0.763. The molecule has 1 unspecified atom stereocenters. The summed E-state index contributed by atoms with van der Waals surface area (Å²) in [5.74, 6) is -0.0930. The van der Waals surface area contributed by atoms with E-state index in [1.165, 1.54) is 41.5 Å². The molecule has 2 heterocycles. The summed E-state index contributed by atoms with van der Waals surface area (Å²) >= 11 is 0. The van der Waals surface area contributed by atoms with Gasteiger partial charge < -0.3 is 9.32 Å². The van der Waals surface area contributed by atoms with Crippen molar-refractivity contribution in [1.82, 2.24) is 4.90 Å². The molecule has 1 amide bonds. The molecule has 30 heavy (non-hydrogen) atoms. The van der Waals surface area contributed by atoms with Gasteiger partial charge in [-0.15, -0.1) is 0 Å². The molecule has 0 N–H and O–H groups in total. The van der Waals surface area contributed by atoms with E-state index in [-0.39, 0.29) is 35.1 Å². The summed E-state index contributed by atoms with van der Waals surface area (Å²) in [6, 6.07) is 8.45. The molecular formula is C23H21F3N2O2. The standard InChI is InChI=1S/C23H21F3N2O2/c24-23(25,26)19-4-2-1-3-18(19)20-9-10-21(30-20)22(29)28(16-7-8-16)17-6-5-14-12-27-13-15(14)11-17/h1-4,9-10,13,16-17H,5-8,11-12H2. The molecule has 0 bridgehead atoms. The smallest absolute Gasteiger partial charge is 0.417 e. The van der Waals surface area contributed by atoms with Gasteiger partial charge in [-0.25, -0.2) is 0 Å². The normalized spacial score (nSPS) is 21.1. The highest BCUT2D eigenvalue weighted by Crippen LogP contribution is 2.40. The molecule has 3 aliphatic rings. The maximum atomic E-state index is 13.4. The largest absolute Gasteiger partial charge is 0.451 e. The molecule has 0 radical (unpaired) electrons. The van der Waals surface area contributed by atoms with E-state index in [2.05, 4.69) is 4.99 Å². The lowest BCUT2D eigenvalue weighted by atomic mass is 9.88. The van der Waals surface area contributed by atoms with E-state index in [1.54, 1.807) is 0 Å². The van der Waals surface area contributed by atoms with E-state index < -0.39 is 11.7 Å². The molecule has 0 spiro atoms. The van der Waals surface area contributed by atoms with Crippen molar-refractivity contribution in [3.63, 3.8) is 0 Å². The Labute approximate surface area is 172 Å². The van der Waals surface area contributed by atoms with Crippen LogP contribution in [0.4, 0.5) is 13.2 Å². The van der Waals surface area contributed by atoms with Crippen molar-refractivity contribution in [1.29, 1.82) is 0 Å². The molecule has 1 aromatic heterocycles. The first kappa shape index (κ1) is 19.2. The Bertz CT molecular complexity index is 1050. The zero-order chi connectivity index (χ0) is 20.9. The fourth-order valence-corrected chi connectivity index (χ4v) is 4.48. The number of nitrogens with zero attached hydrogens (tertiary/aromatic N) is 2. The Balaban J connectivity index is 1.42. The number of halogens is 3. The van der Waals surface area contributed by atoms with E-state index in [0.717, 1.165) is 44.7 Å². The van der Waals surface area contributed by atoms with E-state index >= 15 is 0 Å². The van der Waals surface area contributed by atoms with Gasteiger partial charge in [0.2, 0.25) is 0 Å². The van der Waals surface area contributed by atoms with E-state index in [1.807, 2.05) is 11.1 Å². The number of rotatable bonds is 4. The van der Waals surface area contributed by atoms with Gasteiger partial charge in [-0.1, -0.05) is 18.2 Å². The molecule has 2 aromatic rings. The molecule has 1 fully saturated rings. The quantitative estimate of drug-likeness (QED) is 0.663. The molecule has 7 heteroatoms. The minimum absolute atomic E-state index is 0.0542. The highest BCUT2D eigenvalue weighted by atomic mass is 19.4. The SMILES string of the molecule is O=C(c1ccc(-c2ccccc2C(F)(F)F)o1)N(C1CC1)C1CCC2=C(C=NC2)C1. The van der Waals surface area contributed by atoms with Crippen molar-refractivity contribution in [2.75, 3.05) is 6.54 Å². The predicted octanol–water partition coefficient (Wildman–Crippen LogP) is 5.50. The number of furan rings is 1.